The number of para-hydroxylation sites is 1. The number of fused-ring (bicyclic) bond motifs is 1. The quantitative estimate of drug-likeness (QED) is 0.870. The molecule has 0 spiro atoms. The van der Waals surface area contributed by atoms with Crippen LogP contribution in [0.2, 0.25) is 0 Å². The first-order valence-electron chi connectivity index (χ1n) is 6.13. The van der Waals surface area contributed by atoms with E-state index in [1.807, 2.05) is 30.3 Å². The fourth-order valence-electron chi connectivity index (χ4n) is 1.96. The van der Waals surface area contributed by atoms with Gasteiger partial charge < -0.3 is 5.32 Å². The van der Waals surface area contributed by atoms with E-state index in [1.165, 1.54) is 11.1 Å². The summed E-state index contributed by atoms with van der Waals surface area (Å²) in [5, 5.41) is 4.81. The molecule has 0 aliphatic carbocycles. The van der Waals surface area contributed by atoms with E-state index in [1.54, 1.807) is 12.3 Å². The highest BCUT2D eigenvalue weighted by Gasteiger charge is 2.16. The number of benzene rings is 1. The Morgan fingerprint density at radius 2 is 2.15 bits per heavy atom. The Labute approximate surface area is 115 Å². The summed E-state index contributed by atoms with van der Waals surface area (Å²) < 4.78 is 0. The van der Waals surface area contributed by atoms with Gasteiger partial charge in [0.1, 0.15) is 0 Å². The predicted octanol–water partition coefficient (Wildman–Crippen LogP) is 1.67. The Balaban J connectivity index is 1.69. The summed E-state index contributed by atoms with van der Waals surface area (Å²) in [4.78, 5) is 27.3. The van der Waals surface area contributed by atoms with Crippen molar-refractivity contribution in [3.8, 4) is 0 Å². The summed E-state index contributed by atoms with van der Waals surface area (Å²) in [6.45, 7) is 0.377. The maximum atomic E-state index is 11.8. The zero-order chi connectivity index (χ0) is 13.9. The number of carbonyl (C=O) groups is 2. The smallest absolute Gasteiger partial charge is 0.305 e. The first-order chi connectivity index (χ1) is 9.72. The van der Waals surface area contributed by atoms with Crippen LogP contribution in [0.1, 0.15) is 0 Å². The lowest BCUT2D eigenvalue weighted by molar-refractivity contribution is -0.126. The van der Waals surface area contributed by atoms with E-state index in [2.05, 4.69) is 15.7 Å². The molecule has 0 bridgehead atoms. The van der Waals surface area contributed by atoms with Crippen molar-refractivity contribution in [2.75, 3.05) is 11.9 Å². The van der Waals surface area contributed by atoms with Gasteiger partial charge in [-0.25, -0.2) is 15.2 Å². The molecule has 0 saturated heterocycles. The molecule has 2 aromatic rings. The van der Waals surface area contributed by atoms with Crippen molar-refractivity contribution < 1.29 is 9.59 Å². The summed E-state index contributed by atoms with van der Waals surface area (Å²) in [6.07, 6.45) is 4.67. The van der Waals surface area contributed by atoms with Crippen LogP contribution in [-0.2, 0) is 4.79 Å². The van der Waals surface area contributed by atoms with Gasteiger partial charge in [0.05, 0.1) is 23.9 Å². The summed E-state index contributed by atoms with van der Waals surface area (Å²) in [5.74, 6) is -0.239. The number of aromatic nitrogens is 1. The van der Waals surface area contributed by atoms with Crippen LogP contribution in [0.25, 0.3) is 10.9 Å². The van der Waals surface area contributed by atoms with E-state index >= 15 is 0 Å². The largest absolute Gasteiger partial charge is 0.338 e. The van der Waals surface area contributed by atoms with Gasteiger partial charge in [-0.2, -0.15) is 0 Å². The van der Waals surface area contributed by atoms with E-state index in [0.29, 0.717) is 12.2 Å². The van der Waals surface area contributed by atoms with Crippen molar-refractivity contribution in [3.63, 3.8) is 0 Å². The molecule has 6 heteroatoms. The molecule has 1 aliphatic heterocycles. The lowest BCUT2D eigenvalue weighted by Crippen LogP contribution is -2.45. The molecule has 3 rings (SSSR count). The topological polar surface area (TPSA) is 74.3 Å². The average molecular weight is 268 g/mol. The molecule has 2 heterocycles. The molecule has 3 amide bonds. The van der Waals surface area contributed by atoms with Gasteiger partial charge >= 0.3 is 6.03 Å². The molecule has 0 radical (unpaired) electrons. The first-order valence-corrected chi connectivity index (χ1v) is 6.13. The van der Waals surface area contributed by atoms with Crippen LogP contribution in [-0.4, -0.2) is 28.5 Å². The van der Waals surface area contributed by atoms with Crippen molar-refractivity contribution in [1.29, 1.82) is 0 Å². The minimum atomic E-state index is -0.473. The molecule has 0 fully saturated rings. The standard InChI is InChI=1S/C14H12N4O2/c19-13-6-3-7-18(13)17-14(20)16-11-8-10-4-1-2-5-12(10)15-9-11/h1-6,8-9H,7H2,(H2,16,17,20). The lowest BCUT2D eigenvalue weighted by atomic mass is 10.2. The van der Waals surface area contributed by atoms with Crippen LogP contribution >= 0.6 is 0 Å². The Morgan fingerprint density at radius 1 is 1.30 bits per heavy atom. The zero-order valence-corrected chi connectivity index (χ0v) is 10.5. The van der Waals surface area contributed by atoms with Gasteiger partial charge in [0.2, 0.25) is 0 Å². The third-order valence-electron chi connectivity index (χ3n) is 2.90. The molecule has 1 aliphatic rings. The number of urea groups is 1. The number of amides is 3. The second-order valence-electron chi connectivity index (χ2n) is 4.33. The van der Waals surface area contributed by atoms with Gasteiger partial charge in [-0.3, -0.25) is 9.78 Å². The molecule has 2 N–H and O–H groups in total. The normalized spacial score (nSPS) is 13.8. The number of carbonyl (C=O) groups excluding carboxylic acids is 2. The number of anilines is 1. The fraction of sp³-hybridized carbons (Fsp3) is 0.0714. The van der Waals surface area contributed by atoms with Gasteiger partial charge in [-0.1, -0.05) is 24.3 Å². The minimum absolute atomic E-state index is 0.239. The van der Waals surface area contributed by atoms with Crippen molar-refractivity contribution in [1.82, 2.24) is 15.4 Å². The third-order valence-corrected chi connectivity index (χ3v) is 2.90. The van der Waals surface area contributed by atoms with E-state index in [9.17, 15) is 9.59 Å². The Hall–Kier alpha value is -2.89. The van der Waals surface area contributed by atoms with Crippen LogP contribution in [0.3, 0.4) is 0 Å². The number of hydrogen-bond donors (Lipinski definition) is 2. The molecule has 20 heavy (non-hydrogen) atoms. The molecule has 0 atom stereocenters. The molecule has 0 saturated carbocycles. The van der Waals surface area contributed by atoms with E-state index in [4.69, 9.17) is 0 Å². The Kier molecular flexibility index (Phi) is 3.04. The molecular formula is C14H12N4O2. The highest BCUT2D eigenvalue weighted by Crippen LogP contribution is 2.15. The van der Waals surface area contributed by atoms with Gasteiger partial charge in [0, 0.05) is 11.5 Å². The Morgan fingerprint density at radius 3 is 2.95 bits per heavy atom. The number of pyridine rings is 1. The van der Waals surface area contributed by atoms with Crippen LogP contribution in [0, 0.1) is 0 Å². The predicted molar refractivity (Wildman–Crippen MR) is 74.8 cm³/mol. The van der Waals surface area contributed by atoms with Crippen molar-refractivity contribution in [3.05, 3.63) is 48.7 Å². The second kappa shape index (κ2) is 5.00. The monoisotopic (exact) mass is 268 g/mol. The summed E-state index contributed by atoms with van der Waals surface area (Å²) >= 11 is 0. The number of rotatable bonds is 2. The summed E-state index contributed by atoms with van der Waals surface area (Å²) in [7, 11) is 0. The highest BCUT2D eigenvalue weighted by atomic mass is 16.2. The second-order valence-corrected chi connectivity index (χ2v) is 4.33. The van der Waals surface area contributed by atoms with E-state index in [-0.39, 0.29) is 5.91 Å². The molecule has 6 nitrogen and oxygen atoms in total. The van der Waals surface area contributed by atoms with Gasteiger partial charge in [0.25, 0.3) is 5.91 Å². The molecule has 0 unspecified atom stereocenters. The SMILES string of the molecule is O=C(Nc1cnc2ccccc2c1)NN1CC=CC1=O. The van der Waals surface area contributed by atoms with E-state index in [0.717, 1.165) is 10.9 Å². The number of hydrogen-bond acceptors (Lipinski definition) is 3. The molecular weight excluding hydrogens is 256 g/mol. The molecule has 1 aromatic carbocycles. The molecule has 1 aromatic heterocycles. The van der Waals surface area contributed by atoms with Gasteiger partial charge in [-0.05, 0) is 12.1 Å². The first kappa shape index (κ1) is 12.2. The number of nitrogens with one attached hydrogen (secondary N) is 2. The van der Waals surface area contributed by atoms with Crippen molar-refractivity contribution >= 4 is 28.5 Å². The number of nitrogens with zero attached hydrogens (tertiary/aromatic N) is 2. The third kappa shape index (κ3) is 2.44. The summed E-state index contributed by atoms with van der Waals surface area (Å²) in [6, 6.07) is 8.97. The molecule has 100 valence electrons. The zero-order valence-electron chi connectivity index (χ0n) is 10.5. The average Bonchev–Trinajstić information content (AvgIpc) is 2.84. The van der Waals surface area contributed by atoms with E-state index < -0.39 is 6.03 Å². The minimum Gasteiger partial charge on any atom is -0.305 e. The van der Waals surface area contributed by atoms with Crippen LogP contribution in [0.5, 0.6) is 0 Å². The van der Waals surface area contributed by atoms with Crippen molar-refractivity contribution in [2.45, 2.75) is 0 Å². The Bertz CT molecular complexity index is 711. The van der Waals surface area contributed by atoms with Crippen LogP contribution in [0.4, 0.5) is 10.5 Å². The fourth-order valence-corrected chi connectivity index (χ4v) is 1.96. The van der Waals surface area contributed by atoms with Gasteiger partial charge in [0.15, 0.2) is 0 Å². The maximum Gasteiger partial charge on any atom is 0.338 e. The van der Waals surface area contributed by atoms with Crippen molar-refractivity contribution in [2.24, 2.45) is 0 Å². The lowest BCUT2D eigenvalue weighted by Gasteiger charge is -2.17. The maximum absolute atomic E-state index is 11.8. The van der Waals surface area contributed by atoms with Crippen LogP contribution in [0.15, 0.2) is 48.7 Å². The number of hydrazine groups is 1. The van der Waals surface area contributed by atoms with Crippen LogP contribution < -0.4 is 10.7 Å². The summed E-state index contributed by atoms with van der Waals surface area (Å²) in [5.41, 5.74) is 3.90. The highest BCUT2D eigenvalue weighted by molar-refractivity contribution is 5.95. The van der Waals surface area contributed by atoms with Gasteiger partial charge in [-0.15, -0.1) is 0 Å².